The van der Waals surface area contributed by atoms with E-state index in [1.807, 2.05) is 19.1 Å². The van der Waals surface area contributed by atoms with Crippen LogP contribution in [-0.2, 0) is 16.6 Å². The minimum atomic E-state index is -3.77. The van der Waals surface area contributed by atoms with E-state index in [2.05, 4.69) is 27.1 Å². The fourth-order valence-electron chi connectivity index (χ4n) is 3.87. The number of nitrogens with zero attached hydrogens (tertiary/aromatic N) is 1. The molecule has 178 valence electrons. The van der Waals surface area contributed by atoms with Gasteiger partial charge in [-0.05, 0) is 86.0 Å². The van der Waals surface area contributed by atoms with E-state index in [-0.39, 0.29) is 10.8 Å². The third kappa shape index (κ3) is 5.88. The molecule has 1 fully saturated rings. The van der Waals surface area contributed by atoms with Gasteiger partial charge in [-0.3, -0.25) is 9.52 Å². The lowest BCUT2D eigenvalue weighted by Crippen LogP contribution is -2.23. The van der Waals surface area contributed by atoms with E-state index >= 15 is 0 Å². The fraction of sp³-hybridized carbons (Fsp3) is 0.269. The molecule has 7 nitrogen and oxygen atoms in total. The van der Waals surface area contributed by atoms with Crippen LogP contribution in [0.15, 0.2) is 77.7 Å². The van der Waals surface area contributed by atoms with Crippen LogP contribution in [-0.4, -0.2) is 34.0 Å². The van der Waals surface area contributed by atoms with Crippen LogP contribution in [0.5, 0.6) is 5.75 Å². The van der Waals surface area contributed by atoms with Crippen LogP contribution in [0.1, 0.15) is 35.7 Å². The molecule has 2 N–H and O–H groups in total. The monoisotopic (exact) mass is 479 g/mol. The minimum absolute atomic E-state index is 0.0791. The number of benzene rings is 3. The zero-order valence-electron chi connectivity index (χ0n) is 19.2. The van der Waals surface area contributed by atoms with Crippen LogP contribution in [0.4, 0.5) is 11.4 Å². The predicted octanol–water partition coefficient (Wildman–Crippen LogP) is 4.42. The number of sulfonamides is 1. The van der Waals surface area contributed by atoms with Gasteiger partial charge in [-0.1, -0.05) is 12.1 Å². The van der Waals surface area contributed by atoms with Crippen LogP contribution in [0.3, 0.4) is 0 Å². The molecule has 1 saturated heterocycles. The third-order valence-corrected chi connectivity index (χ3v) is 7.10. The number of carbonyl (C=O) groups excluding carboxylic acids is 1. The second kappa shape index (κ2) is 10.6. The van der Waals surface area contributed by atoms with Crippen molar-refractivity contribution < 1.29 is 17.9 Å². The van der Waals surface area contributed by atoms with E-state index in [4.69, 9.17) is 4.74 Å². The maximum Gasteiger partial charge on any atom is 0.261 e. The SMILES string of the molecule is CCOc1ccc(NS(=O)(=O)c2ccc(C(=O)NCc3ccc(N4CCCC4)cc3)cc2)cc1. The standard InChI is InChI=1S/C26H29N3O4S/c1-2-33-24-13-9-22(10-14-24)28-34(31,32)25-15-7-21(8-16-25)26(30)27-19-20-5-11-23(12-6-20)29-17-3-4-18-29/h5-16,28H,2-4,17-19H2,1H3,(H,27,30). The third-order valence-electron chi connectivity index (χ3n) is 5.70. The Morgan fingerprint density at radius 2 is 1.56 bits per heavy atom. The topological polar surface area (TPSA) is 87.7 Å². The Morgan fingerprint density at radius 3 is 2.18 bits per heavy atom. The number of rotatable bonds is 9. The minimum Gasteiger partial charge on any atom is -0.494 e. The summed E-state index contributed by atoms with van der Waals surface area (Å²) < 4.78 is 33.3. The lowest BCUT2D eigenvalue weighted by Gasteiger charge is -2.17. The molecule has 1 heterocycles. The van der Waals surface area contributed by atoms with Gasteiger partial charge in [0, 0.05) is 36.6 Å². The Balaban J connectivity index is 1.33. The Hall–Kier alpha value is -3.52. The van der Waals surface area contributed by atoms with Gasteiger partial charge in [0.05, 0.1) is 11.5 Å². The first-order valence-corrected chi connectivity index (χ1v) is 12.9. The van der Waals surface area contributed by atoms with E-state index in [0.29, 0.717) is 30.2 Å². The molecule has 0 aromatic heterocycles. The summed E-state index contributed by atoms with van der Waals surface area (Å²) in [6.45, 7) is 5.01. The molecule has 3 aromatic carbocycles. The number of ether oxygens (including phenoxy) is 1. The zero-order valence-corrected chi connectivity index (χ0v) is 20.0. The van der Waals surface area contributed by atoms with Crippen molar-refractivity contribution in [1.82, 2.24) is 5.32 Å². The predicted molar refractivity (Wildman–Crippen MR) is 134 cm³/mol. The maximum absolute atomic E-state index is 12.7. The highest BCUT2D eigenvalue weighted by Crippen LogP contribution is 2.21. The van der Waals surface area contributed by atoms with Crippen molar-refractivity contribution >= 4 is 27.3 Å². The van der Waals surface area contributed by atoms with Gasteiger partial charge in [0.15, 0.2) is 0 Å². The number of amides is 1. The molecule has 0 unspecified atom stereocenters. The summed E-state index contributed by atoms with van der Waals surface area (Å²) in [6, 6.07) is 20.8. The number of carbonyl (C=O) groups is 1. The van der Waals surface area contributed by atoms with Crippen LogP contribution in [0.25, 0.3) is 0 Å². The molecule has 1 aliphatic heterocycles. The normalized spacial score (nSPS) is 13.5. The lowest BCUT2D eigenvalue weighted by atomic mass is 10.1. The van der Waals surface area contributed by atoms with Crippen molar-refractivity contribution in [2.45, 2.75) is 31.2 Å². The molecule has 1 aliphatic rings. The van der Waals surface area contributed by atoms with Gasteiger partial charge in [-0.15, -0.1) is 0 Å². The summed E-state index contributed by atoms with van der Waals surface area (Å²) in [7, 11) is -3.77. The van der Waals surface area contributed by atoms with Crippen molar-refractivity contribution in [2.75, 3.05) is 29.3 Å². The molecule has 0 atom stereocenters. The van der Waals surface area contributed by atoms with E-state index in [9.17, 15) is 13.2 Å². The van der Waals surface area contributed by atoms with Gasteiger partial charge in [-0.2, -0.15) is 0 Å². The zero-order chi connectivity index (χ0) is 24.0. The van der Waals surface area contributed by atoms with E-state index in [1.165, 1.54) is 42.8 Å². The molecule has 0 saturated carbocycles. The summed E-state index contributed by atoms with van der Waals surface area (Å²) in [4.78, 5) is 15.0. The molecule has 8 heteroatoms. The summed E-state index contributed by atoms with van der Waals surface area (Å²) in [5, 5.41) is 2.89. The first-order chi connectivity index (χ1) is 16.4. The van der Waals surface area contributed by atoms with Crippen molar-refractivity contribution in [3.05, 3.63) is 83.9 Å². The maximum atomic E-state index is 12.7. The van der Waals surface area contributed by atoms with Gasteiger partial charge < -0.3 is 15.0 Å². The Kier molecular flexibility index (Phi) is 7.37. The summed E-state index contributed by atoms with van der Waals surface area (Å²) in [6.07, 6.45) is 2.46. The molecule has 0 aliphatic carbocycles. The van der Waals surface area contributed by atoms with Gasteiger partial charge in [0.25, 0.3) is 15.9 Å². The molecule has 4 rings (SSSR count). The molecule has 0 radical (unpaired) electrons. The van der Waals surface area contributed by atoms with Crippen LogP contribution < -0.4 is 19.7 Å². The quantitative estimate of drug-likeness (QED) is 0.475. The fourth-order valence-corrected chi connectivity index (χ4v) is 4.93. The highest BCUT2D eigenvalue weighted by molar-refractivity contribution is 7.92. The average molecular weight is 480 g/mol. The highest BCUT2D eigenvalue weighted by Gasteiger charge is 2.16. The second-order valence-electron chi connectivity index (χ2n) is 8.13. The summed E-state index contributed by atoms with van der Waals surface area (Å²) in [5.41, 5.74) is 3.05. The van der Waals surface area contributed by atoms with E-state index < -0.39 is 10.0 Å². The summed E-state index contributed by atoms with van der Waals surface area (Å²) >= 11 is 0. The number of hydrogen-bond donors (Lipinski definition) is 2. The largest absolute Gasteiger partial charge is 0.494 e. The van der Waals surface area contributed by atoms with Gasteiger partial charge >= 0.3 is 0 Å². The number of anilines is 2. The molecular weight excluding hydrogens is 450 g/mol. The molecule has 0 spiro atoms. The molecule has 1 amide bonds. The van der Waals surface area contributed by atoms with E-state index in [1.54, 1.807) is 24.3 Å². The summed E-state index contributed by atoms with van der Waals surface area (Å²) in [5.74, 6) is 0.412. The van der Waals surface area contributed by atoms with Gasteiger partial charge in [0.1, 0.15) is 5.75 Å². The number of hydrogen-bond acceptors (Lipinski definition) is 5. The molecule has 3 aromatic rings. The molecule has 34 heavy (non-hydrogen) atoms. The van der Waals surface area contributed by atoms with Crippen molar-refractivity contribution in [2.24, 2.45) is 0 Å². The molecular formula is C26H29N3O4S. The van der Waals surface area contributed by atoms with Crippen LogP contribution >= 0.6 is 0 Å². The van der Waals surface area contributed by atoms with Gasteiger partial charge in [0.2, 0.25) is 0 Å². The number of nitrogens with one attached hydrogen (secondary N) is 2. The smallest absolute Gasteiger partial charge is 0.261 e. The van der Waals surface area contributed by atoms with Gasteiger partial charge in [-0.25, -0.2) is 8.42 Å². The van der Waals surface area contributed by atoms with E-state index in [0.717, 1.165) is 18.7 Å². The highest BCUT2D eigenvalue weighted by atomic mass is 32.2. The first-order valence-electron chi connectivity index (χ1n) is 11.4. The Morgan fingerprint density at radius 1 is 0.912 bits per heavy atom. The van der Waals surface area contributed by atoms with Crippen LogP contribution in [0.2, 0.25) is 0 Å². The second-order valence-corrected chi connectivity index (χ2v) is 9.81. The van der Waals surface area contributed by atoms with Crippen molar-refractivity contribution in [1.29, 1.82) is 0 Å². The van der Waals surface area contributed by atoms with Crippen LogP contribution in [0, 0.1) is 0 Å². The van der Waals surface area contributed by atoms with Crippen molar-refractivity contribution in [3.8, 4) is 5.75 Å². The Bertz CT molecular complexity index is 1200. The average Bonchev–Trinajstić information content (AvgIpc) is 3.39. The first kappa shape index (κ1) is 23.6. The lowest BCUT2D eigenvalue weighted by molar-refractivity contribution is 0.0951. The van der Waals surface area contributed by atoms with Crippen molar-refractivity contribution in [3.63, 3.8) is 0 Å². The Labute approximate surface area is 200 Å². The molecule has 0 bridgehead atoms.